The Balaban J connectivity index is 1.94. The third-order valence-corrected chi connectivity index (χ3v) is 4.06. The summed E-state index contributed by atoms with van der Waals surface area (Å²) in [7, 11) is 1.26. The average Bonchev–Trinajstić information content (AvgIpc) is 3.06. The number of alkyl halides is 2. The number of methoxy groups -OCH3 is 1. The number of aliphatic hydroxyl groups is 1. The number of esters is 1. The van der Waals surface area contributed by atoms with E-state index in [0.717, 1.165) is 4.57 Å². The van der Waals surface area contributed by atoms with Crippen molar-refractivity contribution in [3.8, 4) is 0 Å². The molecule has 2 aromatic rings. The number of β-amino-alcohol motifs (C(OH)–C–C–N with tert-alkyl or cyclic N) is 1. The van der Waals surface area contributed by atoms with Crippen molar-refractivity contribution >= 4 is 17.0 Å². The zero-order valence-electron chi connectivity index (χ0n) is 12.5. The summed E-state index contributed by atoms with van der Waals surface area (Å²) in [4.78, 5) is 17.7. The molecule has 2 heterocycles. The molecule has 1 N–H and O–H groups in total. The Labute approximate surface area is 131 Å². The largest absolute Gasteiger partial charge is 0.468 e. The van der Waals surface area contributed by atoms with Crippen molar-refractivity contribution in [2.24, 2.45) is 0 Å². The lowest BCUT2D eigenvalue weighted by Crippen LogP contribution is -2.37. The van der Waals surface area contributed by atoms with Gasteiger partial charge in [-0.05, 0) is 12.1 Å². The van der Waals surface area contributed by atoms with E-state index in [9.17, 15) is 18.7 Å². The summed E-state index contributed by atoms with van der Waals surface area (Å²) < 4.78 is 32.4. The molecule has 3 rings (SSSR count). The molecule has 6 nitrogen and oxygen atoms in total. The van der Waals surface area contributed by atoms with E-state index < -0.39 is 24.7 Å². The van der Waals surface area contributed by atoms with E-state index in [0.29, 0.717) is 11.0 Å². The quantitative estimate of drug-likeness (QED) is 0.864. The van der Waals surface area contributed by atoms with Gasteiger partial charge in [0.15, 0.2) is 0 Å². The van der Waals surface area contributed by atoms with Gasteiger partial charge in [0.05, 0.1) is 30.8 Å². The van der Waals surface area contributed by atoms with E-state index in [1.165, 1.54) is 7.11 Å². The second kappa shape index (κ2) is 6.21. The first kappa shape index (κ1) is 15.8. The first-order valence-electron chi connectivity index (χ1n) is 7.25. The number of ether oxygens (including phenoxy) is 1. The molecule has 1 fully saturated rings. The molecule has 1 aliphatic rings. The summed E-state index contributed by atoms with van der Waals surface area (Å²) in [6.45, 7) is -2.48. The number of nitrogens with zero attached hydrogens (tertiary/aromatic N) is 3. The van der Waals surface area contributed by atoms with Crippen molar-refractivity contribution in [3.63, 3.8) is 0 Å². The number of hydrogen-bond donors (Lipinski definition) is 1. The van der Waals surface area contributed by atoms with Crippen LogP contribution in [-0.4, -0.2) is 51.3 Å². The maximum atomic E-state index is 13.4. The smallest absolute Gasteiger partial charge is 0.323 e. The fourth-order valence-corrected chi connectivity index (χ4v) is 3.04. The van der Waals surface area contributed by atoms with Crippen molar-refractivity contribution in [3.05, 3.63) is 30.1 Å². The summed E-state index contributed by atoms with van der Waals surface area (Å²) in [5.74, 6) is -0.328. The van der Waals surface area contributed by atoms with Gasteiger partial charge < -0.3 is 9.84 Å². The molecular weight excluding hydrogens is 308 g/mol. The molecule has 1 aromatic carbocycles. The Morgan fingerprint density at radius 1 is 1.48 bits per heavy atom. The molecule has 1 saturated heterocycles. The minimum atomic E-state index is -2.73. The molecule has 1 aromatic heterocycles. The number of fused-ring (bicyclic) bond motifs is 1. The van der Waals surface area contributed by atoms with Gasteiger partial charge in [0.1, 0.15) is 11.9 Å². The standard InChI is InChI=1S/C15H17F2N3O3/c1-23-14(22)12-6-9(21)7-19(12)8-13-18-10-4-2-3-5-11(10)20(13)15(16)17/h2-5,9,12,15,21H,6-8H2,1H3/t9-,12-/m0/s1. The fraction of sp³-hybridized carbons (Fsp3) is 0.467. The third-order valence-electron chi connectivity index (χ3n) is 4.06. The highest BCUT2D eigenvalue weighted by Crippen LogP contribution is 2.27. The van der Waals surface area contributed by atoms with E-state index in [2.05, 4.69) is 4.98 Å². The van der Waals surface area contributed by atoms with Crippen LogP contribution in [0.15, 0.2) is 24.3 Å². The van der Waals surface area contributed by atoms with E-state index in [4.69, 9.17) is 4.74 Å². The number of aliphatic hydroxyl groups excluding tert-OH is 1. The normalized spacial score (nSPS) is 22.1. The lowest BCUT2D eigenvalue weighted by Gasteiger charge is -2.22. The summed E-state index contributed by atoms with van der Waals surface area (Å²) in [6.07, 6.45) is -0.467. The Bertz CT molecular complexity index is 719. The number of benzene rings is 1. The molecule has 2 atom stereocenters. The molecule has 0 spiro atoms. The summed E-state index contributed by atoms with van der Waals surface area (Å²) in [5, 5.41) is 9.79. The van der Waals surface area contributed by atoms with Crippen molar-refractivity contribution in [1.82, 2.24) is 14.5 Å². The van der Waals surface area contributed by atoms with Gasteiger partial charge >= 0.3 is 12.5 Å². The minimum Gasteiger partial charge on any atom is -0.468 e. The van der Waals surface area contributed by atoms with Crippen LogP contribution in [0.25, 0.3) is 11.0 Å². The van der Waals surface area contributed by atoms with Crippen LogP contribution in [0.4, 0.5) is 8.78 Å². The first-order valence-corrected chi connectivity index (χ1v) is 7.25. The molecule has 1 aliphatic heterocycles. The molecular formula is C15H17F2N3O3. The topological polar surface area (TPSA) is 67.6 Å². The summed E-state index contributed by atoms with van der Waals surface area (Å²) in [6, 6.07) is 5.99. The predicted octanol–water partition coefficient (Wildman–Crippen LogP) is 1.54. The predicted molar refractivity (Wildman–Crippen MR) is 77.8 cm³/mol. The van der Waals surface area contributed by atoms with Crippen LogP contribution < -0.4 is 0 Å². The van der Waals surface area contributed by atoms with Gasteiger partial charge in [-0.25, -0.2) is 4.98 Å². The van der Waals surface area contributed by atoms with Gasteiger partial charge in [-0.3, -0.25) is 14.3 Å². The number of para-hydroxylation sites is 2. The SMILES string of the molecule is COC(=O)[C@@H]1C[C@H](O)CN1Cc1nc2ccccc2n1C(F)F. The van der Waals surface area contributed by atoms with Crippen LogP contribution in [-0.2, 0) is 16.1 Å². The number of halogens is 2. The molecule has 0 radical (unpaired) electrons. The van der Waals surface area contributed by atoms with Gasteiger partial charge in [-0.2, -0.15) is 8.78 Å². The number of likely N-dealkylation sites (tertiary alicyclic amines) is 1. The minimum absolute atomic E-state index is 0.0375. The van der Waals surface area contributed by atoms with Crippen LogP contribution in [0.5, 0.6) is 0 Å². The molecule has 8 heteroatoms. The van der Waals surface area contributed by atoms with Crippen molar-refractivity contribution in [2.45, 2.75) is 31.7 Å². The Morgan fingerprint density at radius 3 is 2.91 bits per heavy atom. The maximum Gasteiger partial charge on any atom is 0.323 e. The maximum absolute atomic E-state index is 13.4. The molecule has 0 saturated carbocycles. The Morgan fingerprint density at radius 2 is 2.22 bits per heavy atom. The lowest BCUT2D eigenvalue weighted by molar-refractivity contribution is -0.146. The van der Waals surface area contributed by atoms with Crippen molar-refractivity contribution in [1.29, 1.82) is 0 Å². The second-order valence-corrected chi connectivity index (χ2v) is 5.52. The van der Waals surface area contributed by atoms with E-state index in [-0.39, 0.29) is 25.3 Å². The van der Waals surface area contributed by atoms with Crippen LogP contribution in [0.1, 0.15) is 18.8 Å². The van der Waals surface area contributed by atoms with Gasteiger partial charge in [0.25, 0.3) is 0 Å². The van der Waals surface area contributed by atoms with Gasteiger partial charge in [-0.1, -0.05) is 12.1 Å². The second-order valence-electron chi connectivity index (χ2n) is 5.52. The number of hydrogen-bond acceptors (Lipinski definition) is 5. The molecule has 0 aliphatic carbocycles. The Kier molecular flexibility index (Phi) is 4.27. The van der Waals surface area contributed by atoms with E-state index in [1.807, 2.05) is 0 Å². The van der Waals surface area contributed by atoms with Crippen LogP contribution in [0.3, 0.4) is 0 Å². The highest BCUT2D eigenvalue weighted by atomic mass is 19.3. The van der Waals surface area contributed by atoms with Crippen LogP contribution in [0.2, 0.25) is 0 Å². The zero-order valence-corrected chi connectivity index (χ0v) is 12.5. The molecule has 0 amide bonds. The van der Waals surface area contributed by atoms with E-state index >= 15 is 0 Å². The van der Waals surface area contributed by atoms with E-state index in [1.54, 1.807) is 29.2 Å². The van der Waals surface area contributed by atoms with Crippen molar-refractivity contribution in [2.75, 3.05) is 13.7 Å². The van der Waals surface area contributed by atoms with Crippen LogP contribution in [0, 0.1) is 0 Å². The van der Waals surface area contributed by atoms with Gasteiger partial charge in [-0.15, -0.1) is 0 Å². The number of imidazole rings is 1. The molecule has 0 unspecified atom stereocenters. The van der Waals surface area contributed by atoms with Gasteiger partial charge in [0.2, 0.25) is 0 Å². The highest BCUT2D eigenvalue weighted by Gasteiger charge is 2.37. The monoisotopic (exact) mass is 325 g/mol. The van der Waals surface area contributed by atoms with Crippen LogP contribution >= 0.6 is 0 Å². The lowest BCUT2D eigenvalue weighted by atomic mass is 10.2. The summed E-state index contributed by atoms with van der Waals surface area (Å²) in [5.41, 5.74) is 0.809. The van der Waals surface area contributed by atoms with Crippen molar-refractivity contribution < 1.29 is 23.4 Å². The summed E-state index contributed by atoms with van der Waals surface area (Å²) >= 11 is 0. The number of aromatic nitrogens is 2. The number of carbonyl (C=O) groups excluding carboxylic acids is 1. The molecule has 23 heavy (non-hydrogen) atoms. The first-order chi connectivity index (χ1) is 11.0. The molecule has 0 bridgehead atoms. The number of carbonyl (C=O) groups is 1. The average molecular weight is 325 g/mol. The zero-order chi connectivity index (χ0) is 16.6. The molecule has 124 valence electrons. The third kappa shape index (κ3) is 2.91. The highest BCUT2D eigenvalue weighted by molar-refractivity contribution is 5.77. The Hall–Kier alpha value is -2.06. The number of rotatable bonds is 4. The van der Waals surface area contributed by atoms with Gasteiger partial charge in [0, 0.05) is 13.0 Å². The fourth-order valence-electron chi connectivity index (χ4n) is 3.04.